The third-order valence-corrected chi connectivity index (χ3v) is 4.40. The molecule has 0 aromatic carbocycles. The Balaban J connectivity index is 2.28. The zero-order chi connectivity index (χ0) is 17.1. The molecule has 1 aliphatic heterocycles. The lowest BCUT2D eigenvalue weighted by Crippen LogP contribution is -2.39. The number of aliphatic imine (C=N–C) groups is 1. The molecule has 1 fully saturated rings. The van der Waals surface area contributed by atoms with Crippen LogP contribution in [0.5, 0.6) is 0 Å². The smallest absolute Gasteiger partial charge is 0.191 e. The summed E-state index contributed by atoms with van der Waals surface area (Å²) in [4.78, 5) is 7.26. The molecule has 0 aromatic heterocycles. The number of methoxy groups -OCH3 is 1. The van der Waals surface area contributed by atoms with Crippen LogP contribution in [0.15, 0.2) is 4.99 Å². The second-order valence-electron chi connectivity index (χ2n) is 7.49. The van der Waals surface area contributed by atoms with Gasteiger partial charge in [0.2, 0.25) is 0 Å². The van der Waals surface area contributed by atoms with Crippen molar-refractivity contribution in [3.63, 3.8) is 0 Å². The molecule has 23 heavy (non-hydrogen) atoms. The van der Waals surface area contributed by atoms with Crippen molar-refractivity contribution in [2.75, 3.05) is 46.4 Å². The minimum atomic E-state index is 0.102. The summed E-state index contributed by atoms with van der Waals surface area (Å²) in [5, 5.41) is 6.76. The molecule has 0 bridgehead atoms. The lowest BCUT2D eigenvalue weighted by atomic mass is 9.89. The maximum absolute atomic E-state index is 5.58. The lowest BCUT2D eigenvalue weighted by Gasteiger charge is -2.28. The fourth-order valence-electron chi connectivity index (χ4n) is 2.89. The monoisotopic (exact) mass is 326 g/mol. The molecule has 0 spiro atoms. The Morgan fingerprint density at radius 2 is 1.87 bits per heavy atom. The summed E-state index contributed by atoms with van der Waals surface area (Å²) in [6, 6.07) is 0. The van der Waals surface area contributed by atoms with Crippen LogP contribution in [0.3, 0.4) is 0 Å². The Morgan fingerprint density at radius 1 is 1.17 bits per heavy atom. The lowest BCUT2D eigenvalue weighted by molar-refractivity contribution is 0.0241. The van der Waals surface area contributed by atoms with Crippen LogP contribution in [0, 0.1) is 5.41 Å². The van der Waals surface area contributed by atoms with Gasteiger partial charge >= 0.3 is 0 Å². The van der Waals surface area contributed by atoms with Crippen molar-refractivity contribution in [1.29, 1.82) is 0 Å². The Morgan fingerprint density at radius 3 is 2.43 bits per heavy atom. The number of ether oxygens (including phenoxy) is 1. The van der Waals surface area contributed by atoms with E-state index in [2.05, 4.69) is 48.2 Å². The molecule has 2 N–H and O–H groups in total. The van der Waals surface area contributed by atoms with E-state index in [9.17, 15) is 0 Å². The van der Waals surface area contributed by atoms with Gasteiger partial charge in [-0.3, -0.25) is 4.99 Å². The van der Waals surface area contributed by atoms with Gasteiger partial charge in [0, 0.05) is 20.2 Å². The van der Waals surface area contributed by atoms with Crippen LogP contribution in [0.25, 0.3) is 0 Å². The van der Waals surface area contributed by atoms with Crippen LogP contribution in [-0.4, -0.2) is 63.3 Å². The molecule has 0 saturated carbocycles. The molecule has 1 heterocycles. The number of nitrogens with zero attached hydrogens (tertiary/aromatic N) is 2. The van der Waals surface area contributed by atoms with E-state index < -0.39 is 0 Å². The first-order chi connectivity index (χ1) is 11.0. The van der Waals surface area contributed by atoms with E-state index in [1.165, 1.54) is 45.3 Å². The largest absolute Gasteiger partial charge is 0.379 e. The number of nitrogens with one attached hydrogen (secondary N) is 2. The molecule has 136 valence electrons. The van der Waals surface area contributed by atoms with E-state index in [0.29, 0.717) is 6.54 Å². The van der Waals surface area contributed by atoms with Gasteiger partial charge in [-0.15, -0.1) is 0 Å². The zero-order valence-corrected chi connectivity index (χ0v) is 16.0. The quantitative estimate of drug-likeness (QED) is 0.388. The maximum atomic E-state index is 5.58. The SMILES string of the molecule is CCNC(=NCC(OC)C(C)(C)C)NCCCCN1CCCC1. The van der Waals surface area contributed by atoms with Crippen molar-refractivity contribution in [3.05, 3.63) is 0 Å². The van der Waals surface area contributed by atoms with E-state index in [4.69, 9.17) is 4.74 Å². The van der Waals surface area contributed by atoms with Crippen molar-refractivity contribution < 1.29 is 4.74 Å². The second-order valence-corrected chi connectivity index (χ2v) is 7.49. The Hall–Kier alpha value is -0.810. The topological polar surface area (TPSA) is 48.9 Å². The summed E-state index contributed by atoms with van der Waals surface area (Å²) in [5.41, 5.74) is 0.102. The Bertz CT molecular complexity index is 332. The van der Waals surface area contributed by atoms with Gasteiger partial charge in [-0.05, 0) is 57.7 Å². The molecule has 1 aliphatic rings. The van der Waals surface area contributed by atoms with Gasteiger partial charge in [0.25, 0.3) is 0 Å². The van der Waals surface area contributed by atoms with Crippen LogP contribution >= 0.6 is 0 Å². The number of guanidine groups is 1. The van der Waals surface area contributed by atoms with E-state index in [1.54, 1.807) is 7.11 Å². The molecule has 0 radical (unpaired) electrons. The zero-order valence-electron chi connectivity index (χ0n) is 16.0. The van der Waals surface area contributed by atoms with Gasteiger partial charge in [-0.1, -0.05) is 20.8 Å². The molecule has 5 nitrogen and oxygen atoms in total. The Kier molecular flexibility index (Phi) is 9.56. The van der Waals surface area contributed by atoms with Gasteiger partial charge < -0.3 is 20.3 Å². The summed E-state index contributed by atoms with van der Waals surface area (Å²) in [6.45, 7) is 15.0. The number of hydrogen-bond donors (Lipinski definition) is 2. The van der Waals surface area contributed by atoms with E-state index in [0.717, 1.165) is 19.0 Å². The first-order valence-corrected chi connectivity index (χ1v) is 9.24. The minimum Gasteiger partial charge on any atom is -0.379 e. The van der Waals surface area contributed by atoms with Crippen LogP contribution in [0.2, 0.25) is 0 Å². The first kappa shape index (κ1) is 20.2. The Labute approximate surface area is 143 Å². The number of likely N-dealkylation sites (tertiary alicyclic amines) is 1. The van der Waals surface area contributed by atoms with Gasteiger partial charge in [0.15, 0.2) is 5.96 Å². The maximum Gasteiger partial charge on any atom is 0.191 e. The number of unbranched alkanes of at least 4 members (excludes halogenated alkanes) is 1. The summed E-state index contributed by atoms with van der Waals surface area (Å²) in [6.07, 6.45) is 5.34. The van der Waals surface area contributed by atoms with Crippen LogP contribution in [-0.2, 0) is 4.74 Å². The standard InChI is InChI=1S/C18H38N4O/c1-6-19-17(21-15-16(23-5)18(2,3)4)20-11-7-8-12-22-13-9-10-14-22/h16H,6-15H2,1-5H3,(H2,19,20,21). The highest BCUT2D eigenvalue weighted by molar-refractivity contribution is 5.79. The van der Waals surface area contributed by atoms with E-state index in [1.807, 2.05) is 0 Å². The fourth-order valence-corrected chi connectivity index (χ4v) is 2.89. The highest BCUT2D eigenvalue weighted by Crippen LogP contribution is 2.21. The molecule has 0 amide bonds. The fraction of sp³-hybridized carbons (Fsp3) is 0.944. The molecular formula is C18H38N4O. The van der Waals surface area contributed by atoms with E-state index in [-0.39, 0.29) is 11.5 Å². The normalized spacial score (nSPS) is 18.2. The molecule has 1 rings (SSSR count). The van der Waals surface area contributed by atoms with Crippen molar-refractivity contribution in [1.82, 2.24) is 15.5 Å². The van der Waals surface area contributed by atoms with E-state index >= 15 is 0 Å². The average Bonchev–Trinajstić information content (AvgIpc) is 2.99. The average molecular weight is 327 g/mol. The summed E-state index contributed by atoms with van der Waals surface area (Å²) in [5.74, 6) is 0.903. The molecular weight excluding hydrogens is 288 g/mol. The predicted molar refractivity (Wildman–Crippen MR) is 99.1 cm³/mol. The van der Waals surface area contributed by atoms with Crippen molar-refractivity contribution in [2.45, 2.75) is 59.5 Å². The highest BCUT2D eigenvalue weighted by Gasteiger charge is 2.24. The summed E-state index contributed by atoms with van der Waals surface area (Å²) < 4.78 is 5.58. The minimum absolute atomic E-state index is 0.102. The molecule has 1 atom stereocenters. The predicted octanol–water partition coefficient (Wildman–Crippen LogP) is 2.48. The second kappa shape index (κ2) is 10.9. The molecule has 0 aromatic rings. The van der Waals surface area contributed by atoms with Crippen molar-refractivity contribution in [2.24, 2.45) is 10.4 Å². The molecule has 1 saturated heterocycles. The highest BCUT2D eigenvalue weighted by atomic mass is 16.5. The van der Waals surface area contributed by atoms with Crippen LogP contribution < -0.4 is 10.6 Å². The van der Waals surface area contributed by atoms with Crippen LogP contribution in [0.1, 0.15) is 53.4 Å². The molecule has 5 heteroatoms. The third-order valence-electron chi connectivity index (χ3n) is 4.40. The van der Waals surface area contributed by atoms with Crippen LogP contribution in [0.4, 0.5) is 0 Å². The summed E-state index contributed by atoms with van der Waals surface area (Å²) in [7, 11) is 1.77. The summed E-state index contributed by atoms with van der Waals surface area (Å²) >= 11 is 0. The molecule has 0 aliphatic carbocycles. The van der Waals surface area contributed by atoms with Gasteiger partial charge in [-0.25, -0.2) is 0 Å². The van der Waals surface area contributed by atoms with Gasteiger partial charge in [-0.2, -0.15) is 0 Å². The van der Waals surface area contributed by atoms with Crippen molar-refractivity contribution >= 4 is 5.96 Å². The number of hydrogen-bond acceptors (Lipinski definition) is 3. The van der Waals surface area contributed by atoms with Crippen molar-refractivity contribution in [3.8, 4) is 0 Å². The number of rotatable bonds is 9. The molecule has 1 unspecified atom stereocenters. The third kappa shape index (κ3) is 8.56. The first-order valence-electron chi connectivity index (χ1n) is 9.24. The van der Waals surface area contributed by atoms with Gasteiger partial charge in [0.05, 0.1) is 12.6 Å². The van der Waals surface area contributed by atoms with Gasteiger partial charge in [0.1, 0.15) is 0 Å².